The van der Waals surface area contributed by atoms with Crippen LogP contribution in [-0.2, 0) is 24.6 Å². The van der Waals surface area contributed by atoms with Gasteiger partial charge in [-0.15, -0.1) is 0 Å². The highest BCUT2D eigenvalue weighted by Gasteiger charge is 2.56. The minimum Gasteiger partial charge on any atom is -0.474 e. The number of amides is 6. The van der Waals surface area contributed by atoms with Crippen LogP contribution in [0.1, 0.15) is 109 Å². The lowest BCUT2D eigenvalue weighted by atomic mass is 9.73. The predicted molar refractivity (Wildman–Crippen MR) is 279 cm³/mol. The van der Waals surface area contributed by atoms with Gasteiger partial charge in [-0.25, -0.2) is 24.1 Å². The van der Waals surface area contributed by atoms with Crippen LogP contribution >= 0.6 is 0 Å². The number of carbonyl (C=O) groups excluding carboxylic acids is 5. The topological polar surface area (TPSA) is 191 Å². The molecule has 5 aliphatic heterocycles. The van der Waals surface area contributed by atoms with E-state index in [4.69, 9.17) is 14.7 Å². The summed E-state index contributed by atoms with van der Waals surface area (Å²) in [4.78, 5) is 95.6. The Hall–Kier alpha value is -7.02. The lowest BCUT2D eigenvalue weighted by molar-refractivity contribution is -0.140. The Morgan fingerprint density at radius 2 is 1.61 bits per heavy atom. The Balaban J connectivity index is 0.715. The average molecular weight is 1020 g/mol. The fraction of sp³-hybridized carbons (Fsp3) is 0.518. The van der Waals surface area contributed by atoms with Gasteiger partial charge in [0, 0.05) is 86.7 Å². The molecule has 19 heteroatoms. The van der Waals surface area contributed by atoms with E-state index in [1.807, 2.05) is 26.5 Å². The molecule has 2 saturated carbocycles. The number of aromatic nitrogens is 5. The molecule has 9 heterocycles. The molecule has 12 rings (SSSR count). The summed E-state index contributed by atoms with van der Waals surface area (Å²) in [6.45, 7) is 8.50. The first kappa shape index (κ1) is 48.9. The van der Waals surface area contributed by atoms with Crippen molar-refractivity contribution >= 4 is 63.6 Å². The molecule has 1 aromatic carbocycles. The molecule has 1 atom stereocenters. The van der Waals surface area contributed by atoms with Gasteiger partial charge in [-0.1, -0.05) is 18.6 Å². The van der Waals surface area contributed by atoms with Gasteiger partial charge in [0.15, 0.2) is 11.6 Å². The number of anilines is 4. The first-order valence-electron chi connectivity index (χ1n) is 27.2. The second-order valence-electron chi connectivity index (χ2n) is 22.1. The minimum absolute atomic E-state index is 0.0591. The van der Waals surface area contributed by atoms with Crippen molar-refractivity contribution < 1.29 is 33.1 Å². The summed E-state index contributed by atoms with van der Waals surface area (Å²) in [5.41, 5.74) is 4.93. The van der Waals surface area contributed by atoms with E-state index < -0.39 is 17.3 Å². The largest absolute Gasteiger partial charge is 0.474 e. The van der Waals surface area contributed by atoms with E-state index >= 15 is 9.18 Å². The van der Waals surface area contributed by atoms with Gasteiger partial charge in [-0.2, -0.15) is 0 Å². The summed E-state index contributed by atoms with van der Waals surface area (Å²) >= 11 is 0. The quantitative estimate of drug-likeness (QED) is 0.133. The normalized spacial score (nSPS) is 25.0. The number of ether oxygens (including phenoxy) is 1. The minimum atomic E-state index is -0.770. The fourth-order valence-electron chi connectivity index (χ4n) is 13.0. The van der Waals surface area contributed by atoms with E-state index in [9.17, 15) is 19.2 Å². The van der Waals surface area contributed by atoms with Crippen molar-refractivity contribution in [2.24, 2.45) is 11.8 Å². The highest BCUT2D eigenvalue weighted by molar-refractivity contribution is 6.10. The standard InChI is InChI=1S/C56H65FN12O6/c1-34(2)68-33-60-46-29-45(62-51(50(46)68)61-44-14-19-58-31-43(44)57)36-8-12-42-47(26-36)69(40-27-39(28-40)64-20-4-3-5-21-64)54(73)56(42)17-24-65(25-18-56)53(72)37-15-22-66(32-37)52(71)35-6-10-41(11-7-35)75-49-13-9-38(30-59-49)67-23-16-48(70)63-55(67)74/h8-9,12-14,19,26,29-31,33-35,37,39-41H,3-7,10-11,15-18,20-25,27-28,32H2,1-2H3,(H,58,61,62)(H,63,70,74)/t35?,37-,39?,40?,41?/m1/s1. The van der Waals surface area contributed by atoms with Crippen molar-refractivity contribution in [2.75, 3.05) is 60.9 Å². The first-order chi connectivity index (χ1) is 36.4. The number of piperidine rings is 2. The second kappa shape index (κ2) is 19.9. The van der Waals surface area contributed by atoms with Gasteiger partial charge in [0.05, 0.1) is 52.6 Å². The maximum Gasteiger partial charge on any atom is 0.328 e. The molecule has 0 unspecified atom stereocenters. The molecule has 6 amide bonds. The van der Waals surface area contributed by atoms with Gasteiger partial charge < -0.3 is 34.2 Å². The molecule has 0 radical (unpaired) electrons. The van der Waals surface area contributed by atoms with Crippen LogP contribution in [0.4, 0.5) is 32.1 Å². The van der Waals surface area contributed by atoms with Crippen LogP contribution in [0, 0.1) is 17.7 Å². The molecular weight excluding hydrogens is 956 g/mol. The molecule has 2 N–H and O–H groups in total. The number of imidazole rings is 1. The summed E-state index contributed by atoms with van der Waals surface area (Å²) < 4.78 is 23.3. The Bertz CT molecular complexity index is 3030. The molecule has 18 nitrogen and oxygen atoms in total. The van der Waals surface area contributed by atoms with Gasteiger partial charge in [-0.3, -0.25) is 34.4 Å². The number of pyridine rings is 3. The number of rotatable bonds is 11. The molecule has 0 bridgehead atoms. The Labute approximate surface area is 435 Å². The van der Waals surface area contributed by atoms with Gasteiger partial charge in [-0.05, 0) is 127 Å². The van der Waals surface area contributed by atoms with Crippen LogP contribution in [0.2, 0.25) is 0 Å². The van der Waals surface area contributed by atoms with E-state index in [0.29, 0.717) is 112 Å². The number of hydrogen-bond acceptors (Lipinski definition) is 12. The number of carbonyl (C=O) groups is 5. The van der Waals surface area contributed by atoms with E-state index in [2.05, 4.69) is 56.4 Å². The van der Waals surface area contributed by atoms with Gasteiger partial charge in [0.1, 0.15) is 11.6 Å². The molecule has 1 spiro atoms. The van der Waals surface area contributed by atoms with Crippen LogP contribution < -0.4 is 25.2 Å². The van der Waals surface area contributed by atoms with E-state index in [0.717, 1.165) is 48.3 Å². The number of fused-ring (bicyclic) bond motifs is 3. The maximum absolute atomic E-state index is 15.3. The van der Waals surface area contributed by atoms with Crippen molar-refractivity contribution in [3.05, 3.63) is 78.8 Å². The summed E-state index contributed by atoms with van der Waals surface area (Å²) in [6, 6.07) is 13.4. The third-order valence-electron chi connectivity index (χ3n) is 17.4. The predicted octanol–water partition coefficient (Wildman–Crippen LogP) is 7.51. The number of hydrogen-bond donors (Lipinski definition) is 2. The molecule has 75 heavy (non-hydrogen) atoms. The summed E-state index contributed by atoms with van der Waals surface area (Å²) in [7, 11) is 0. The zero-order chi connectivity index (χ0) is 51.5. The fourth-order valence-corrected chi connectivity index (χ4v) is 13.0. The SMILES string of the molecule is CC(C)n1cnc2cc(-c3ccc4c(c3)N(C3CC(N5CCCCC5)C3)C(=O)C43CCN(C(=O)[C@@H]4CCN(C(=O)C5CCC(Oc6ccc(N7CCC(=O)NC7=O)cn6)CC5)C4)CC3)nc(Nc3ccncc3F)c21. The van der Waals surface area contributed by atoms with Crippen LogP contribution in [0.25, 0.3) is 22.3 Å². The molecule has 392 valence electrons. The number of urea groups is 1. The summed E-state index contributed by atoms with van der Waals surface area (Å²) in [5.74, 6) is -0.00872. The number of halogens is 1. The molecule has 5 aromatic rings. The Morgan fingerprint density at radius 3 is 2.35 bits per heavy atom. The lowest BCUT2D eigenvalue weighted by Gasteiger charge is -2.48. The highest BCUT2D eigenvalue weighted by atomic mass is 19.1. The van der Waals surface area contributed by atoms with E-state index in [1.54, 1.807) is 30.7 Å². The Morgan fingerprint density at radius 1 is 0.827 bits per heavy atom. The third kappa shape index (κ3) is 9.13. The number of imide groups is 1. The number of likely N-dealkylation sites (tertiary alicyclic amines) is 3. The van der Waals surface area contributed by atoms with Gasteiger partial charge in [0.2, 0.25) is 29.5 Å². The van der Waals surface area contributed by atoms with Gasteiger partial charge in [0.25, 0.3) is 0 Å². The average Bonchev–Trinajstić information content (AvgIpc) is 4.16. The third-order valence-corrected chi connectivity index (χ3v) is 17.4. The van der Waals surface area contributed by atoms with Crippen LogP contribution in [0.5, 0.6) is 5.88 Å². The molecular formula is C56H65FN12O6. The number of nitrogens with one attached hydrogen (secondary N) is 2. The van der Waals surface area contributed by atoms with E-state index in [1.165, 1.54) is 36.6 Å². The maximum atomic E-state index is 15.3. The van der Waals surface area contributed by atoms with Crippen molar-refractivity contribution in [1.82, 2.24) is 44.5 Å². The zero-order valence-electron chi connectivity index (χ0n) is 42.8. The van der Waals surface area contributed by atoms with Crippen molar-refractivity contribution in [3.63, 3.8) is 0 Å². The molecule has 2 aliphatic carbocycles. The Kier molecular flexibility index (Phi) is 13.0. The van der Waals surface area contributed by atoms with Crippen molar-refractivity contribution in [3.8, 4) is 17.1 Å². The van der Waals surface area contributed by atoms with Crippen LogP contribution in [0.3, 0.4) is 0 Å². The molecule has 6 fully saturated rings. The molecule has 4 aromatic heterocycles. The van der Waals surface area contributed by atoms with Crippen molar-refractivity contribution in [2.45, 2.75) is 127 Å². The lowest BCUT2D eigenvalue weighted by Crippen LogP contribution is -2.58. The summed E-state index contributed by atoms with van der Waals surface area (Å²) in [5, 5.41) is 5.56. The van der Waals surface area contributed by atoms with Gasteiger partial charge >= 0.3 is 6.03 Å². The molecule has 4 saturated heterocycles. The number of benzene rings is 1. The molecule has 7 aliphatic rings. The zero-order valence-corrected chi connectivity index (χ0v) is 42.8. The highest BCUT2D eigenvalue weighted by Crippen LogP contribution is 2.52. The first-order valence-corrected chi connectivity index (χ1v) is 27.2. The van der Waals surface area contributed by atoms with Crippen LogP contribution in [0.15, 0.2) is 67.4 Å². The second-order valence-corrected chi connectivity index (χ2v) is 22.1. The summed E-state index contributed by atoms with van der Waals surface area (Å²) in [6.07, 6.45) is 16.2. The number of nitrogens with zero attached hydrogens (tertiary/aromatic N) is 10. The smallest absolute Gasteiger partial charge is 0.328 e. The monoisotopic (exact) mass is 1020 g/mol. The van der Waals surface area contributed by atoms with Crippen LogP contribution in [-0.4, -0.2) is 133 Å². The van der Waals surface area contributed by atoms with E-state index in [-0.39, 0.29) is 65.8 Å². The van der Waals surface area contributed by atoms with Crippen molar-refractivity contribution in [1.29, 1.82) is 0 Å².